The Balaban J connectivity index is 1.79. The number of thiazole rings is 1. The van der Waals surface area contributed by atoms with Gasteiger partial charge in [-0.2, -0.15) is 8.42 Å². The van der Waals surface area contributed by atoms with Crippen molar-refractivity contribution in [3.05, 3.63) is 81.3 Å². The summed E-state index contributed by atoms with van der Waals surface area (Å²) in [6, 6.07) is 11.7. The molecule has 1 unspecified atom stereocenters. The van der Waals surface area contributed by atoms with Crippen molar-refractivity contribution in [2.75, 3.05) is 11.8 Å². The standard InChI is InChI=1S/C22H25N3O7S3/c1-3-21-23-20(13-33-21)19(12-15-6-10-18(11-7-15)24-35(29,30)31)25-34(27,28)14-16-4-8-17(9-5-16)22(26)32-2/h4-11,13,19,24-25H,3,12,14H2,1-2H3,(H,29,30,31). The summed E-state index contributed by atoms with van der Waals surface area (Å²) in [6.07, 6.45) is 0.978. The second kappa shape index (κ2) is 11.3. The summed E-state index contributed by atoms with van der Waals surface area (Å²) in [5, 5.41) is 2.68. The minimum Gasteiger partial charge on any atom is -0.465 e. The molecule has 0 saturated carbocycles. The summed E-state index contributed by atoms with van der Waals surface area (Å²) in [4.78, 5) is 16.1. The molecule has 0 amide bonds. The maximum Gasteiger partial charge on any atom is 0.357 e. The second-order valence-electron chi connectivity index (χ2n) is 7.62. The molecule has 0 saturated heterocycles. The van der Waals surface area contributed by atoms with E-state index in [9.17, 15) is 21.6 Å². The van der Waals surface area contributed by atoms with Gasteiger partial charge < -0.3 is 4.74 Å². The van der Waals surface area contributed by atoms with E-state index in [0.717, 1.165) is 10.6 Å². The van der Waals surface area contributed by atoms with Gasteiger partial charge in [-0.25, -0.2) is 22.9 Å². The predicted octanol–water partition coefficient (Wildman–Crippen LogP) is 3.11. The van der Waals surface area contributed by atoms with Crippen LogP contribution in [0.5, 0.6) is 0 Å². The molecular weight excluding hydrogens is 514 g/mol. The van der Waals surface area contributed by atoms with Crippen molar-refractivity contribution in [1.82, 2.24) is 9.71 Å². The van der Waals surface area contributed by atoms with Gasteiger partial charge in [0.05, 0.1) is 40.9 Å². The summed E-state index contributed by atoms with van der Waals surface area (Å²) in [7, 11) is -6.92. The van der Waals surface area contributed by atoms with Crippen molar-refractivity contribution < 1.29 is 30.9 Å². The molecule has 1 atom stereocenters. The molecule has 3 N–H and O–H groups in total. The van der Waals surface area contributed by atoms with E-state index in [-0.39, 0.29) is 17.9 Å². The number of carbonyl (C=O) groups excluding carboxylic acids is 1. The van der Waals surface area contributed by atoms with Crippen LogP contribution in [0.4, 0.5) is 5.69 Å². The van der Waals surface area contributed by atoms with E-state index >= 15 is 0 Å². The van der Waals surface area contributed by atoms with Gasteiger partial charge >= 0.3 is 16.3 Å². The zero-order valence-corrected chi connectivity index (χ0v) is 21.4. The molecule has 13 heteroatoms. The van der Waals surface area contributed by atoms with Crippen molar-refractivity contribution in [3.63, 3.8) is 0 Å². The van der Waals surface area contributed by atoms with Gasteiger partial charge in [0.15, 0.2) is 0 Å². The monoisotopic (exact) mass is 539 g/mol. The first kappa shape index (κ1) is 26.8. The number of ether oxygens (including phenoxy) is 1. The number of esters is 1. The topological polar surface area (TPSA) is 152 Å². The van der Waals surface area contributed by atoms with Gasteiger partial charge in [0, 0.05) is 5.38 Å². The fourth-order valence-corrected chi connectivity index (χ4v) is 5.87. The third-order valence-corrected chi connectivity index (χ3v) is 7.79. The number of aryl methyl sites for hydroxylation is 1. The third kappa shape index (κ3) is 8.11. The Kier molecular flexibility index (Phi) is 8.61. The Morgan fingerprint density at radius 3 is 2.23 bits per heavy atom. The Hall–Kier alpha value is -2.84. The molecule has 1 aromatic heterocycles. The Morgan fingerprint density at radius 1 is 1.06 bits per heavy atom. The molecule has 3 aromatic rings. The lowest BCUT2D eigenvalue weighted by Gasteiger charge is -2.18. The van der Waals surface area contributed by atoms with Crippen LogP contribution in [0.1, 0.15) is 45.2 Å². The van der Waals surface area contributed by atoms with E-state index < -0.39 is 32.3 Å². The fourth-order valence-electron chi connectivity index (χ4n) is 3.28. The summed E-state index contributed by atoms with van der Waals surface area (Å²) in [6.45, 7) is 1.96. The summed E-state index contributed by atoms with van der Waals surface area (Å²) in [5.41, 5.74) is 2.30. The van der Waals surface area contributed by atoms with Gasteiger partial charge in [0.2, 0.25) is 10.0 Å². The van der Waals surface area contributed by atoms with Crippen LogP contribution >= 0.6 is 11.3 Å². The van der Waals surface area contributed by atoms with Crippen LogP contribution in [0.2, 0.25) is 0 Å². The molecule has 0 bridgehead atoms. The first-order valence-corrected chi connectivity index (χ1v) is 14.4. The molecule has 35 heavy (non-hydrogen) atoms. The second-order valence-corrected chi connectivity index (χ2v) is 11.5. The smallest absolute Gasteiger partial charge is 0.357 e. The van der Waals surface area contributed by atoms with E-state index in [1.54, 1.807) is 24.3 Å². The highest BCUT2D eigenvalue weighted by atomic mass is 32.2. The largest absolute Gasteiger partial charge is 0.465 e. The highest BCUT2D eigenvalue weighted by molar-refractivity contribution is 7.88. The molecule has 0 aliphatic rings. The molecule has 2 aromatic carbocycles. The fraction of sp³-hybridized carbons (Fsp3) is 0.273. The maximum absolute atomic E-state index is 13.0. The predicted molar refractivity (Wildman–Crippen MR) is 133 cm³/mol. The van der Waals surface area contributed by atoms with Gasteiger partial charge in [-0.15, -0.1) is 11.3 Å². The Bertz CT molecular complexity index is 1370. The molecule has 188 valence electrons. The summed E-state index contributed by atoms with van der Waals surface area (Å²) < 4.78 is 66.2. The Labute approximate surface area is 208 Å². The van der Waals surface area contributed by atoms with Gasteiger partial charge in [-0.05, 0) is 48.2 Å². The van der Waals surface area contributed by atoms with Crippen LogP contribution in [0.15, 0.2) is 53.9 Å². The molecule has 0 aliphatic heterocycles. The number of carbonyl (C=O) groups is 1. The summed E-state index contributed by atoms with van der Waals surface area (Å²) in [5.74, 6) is -0.807. The van der Waals surface area contributed by atoms with Crippen molar-refractivity contribution >= 4 is 43.3 Å². The lowest BCUT2D eigenvalue weighted by Crippen LogP contribution is -2.31. The quantitative estimate of drug-likeness (QED) is 0.248. The van der Waals surface area contributed by atoms with E-state index in [1.807, 2.05) is 17.0 Å². The number of hydrogen-bond donors (Lipinski definition) is 3. The highest BCUT2D eigenvalue weighted by Gasteiger charge is 2.23. The number of nitrogens with zero attached hydrogens (tertiary/aromatic N) is 1. The van der Waals surface area contributed by atoms with E-state index in [2.05, 4.69) is 14.4 Å². The minimum absolute atomic E-state index is 0.172. The molecular formula is C22H25N3O7S3. The van der Waals surface area contributed by atoms with Crippen LogP contribution in [-0.4, -0.2) is 39.5 Å². The maximum atomic E-state index is 13.0. The number of methoxy groups -OCH3 is 1. The number of sulfonamides is 1. The van der Waals surface area contributed by atoms with Crippen LogP contribution < -0.4 is 9.44 Å². The first-order valence-electron chi connectivity index (χ1n) is 10.4. The van der Waals surface area contributed by atoms with E-state index in [0.29, 0.717) is 23.2 Å². The van der Waals surface area contributed by atoms with Crippen LogP contribution in [0.25, 0.3) is 0 Å². The number of hydrogen-bond acceptors (Lipinski definition) is 8. The number of aromatic nitrogens is 1. The number of anilines is 1. The first-order chi connectivity index (χ1) is 16.5. The zero-order chi connectivity index (χ0) is 25.6. The molecule has 10 nitrogen and oxygen atoms in total. The average Bonchev–Trinajstić information content (AvgIpc) is 3.28. The molecule has 3 rings (SSSR count). The minimum atomic E-state index is -4.40. The van der Waals surface area contributed by atoms with Gasteiger partial charge in [0.25, 0.3) is 0 Å². The number of rotatable bonds is 11. The van der Waals surface area contributed by atoms with Crippen molar-refractivity contribution in [2.45, 2.75) is 31.6 Å². The Morgan fingerprint density at radius 2 is 1.69 bits per heavy atom. The normalized spacial score (nSPS) is 12.8. The van der Waals surface area contributed by atoms with Gasteiger partial charge in [-0.3, -0.25) is 9.27 Å². The molecule has 0 spiro atoms. The van der Waals surface area contributed by atoms with E-state index in [4.69, 9.17) is 4.55 Å². The number of benzene rings is 2. The lowest BCUT2D eigenvalue weighted by atomic mass is 10.0. The van der Waals surface area contributed by atoms with Crippen molar-refractivity contribution in [3.8, 4) is 0 Å². The average molecular weight is 540 g/mol. The van der Waals surface area contributed by atoms with E-state index in [1.165, 1.54) is 42.7 Å². The highest BCUT2D eigenvalue weighted by Crippen LogP contribution is 2.24. The SMILES string of the molecule is CCc1nc(C(Cc2ccc(NS(=O)(=O)O)cc2)NS(=O)(=O)Cc2ccc(C(=O)OC)cc2)cs1. The van der Waals surface area contributed by atoms with Crippen LogP contribution in [-0.2, 0) is 43.7 Å². The zero-order valence-electron chi connectivity index (χ0n) is 19.0. The molecule has 0 radical (unpaired) electrons. The number of nitrogens with one attached hydrogen (secondary N) is 2. The molecule has 0 fully saturated rings. The molecule has 0 aliphatic carbocycles. The third-order valence-electron chi connectivity index (χ3n) is 4.92. The van der Waals surface area contributed by atoms with Gasteiger partial charge in [-0.1, -0.05) is 31.2 Å². The lowest BCUT2D eigenvalue weighted by molar-refractivity contribution is 0.0600. The van der Waals surface area contributed by atoms with Gasteiger partial charge in [0.1, 0.15) is 0 Å². The molecule has 1 heterocycles. The van der Waals surface area contributed by atoms with Crippen LogP contribution in [0, 0.1) is 0 Å². The van der Waals surface area contributed by atoms with Crippen molar-refractivity contribution in [2.24, 2.45) is 0 Å². The van der Waals surface area contributed by atoms with Crippen LogP contribution in [0.3, 0.4) is 0 Å². The summed E-state index contributed by atoms with van der Waals surface area (Å²) >= 11 is 1.44. The van der Waals surface area contributed by atoms with Crippen molar-refractivity contribution in [1.29, 1.82) is 0 Å².